The Morgan fingerprint density at radius 2 is 1.83 bits per heavy atom. The number of carboxylic acid groups (broad SMARTS) is 1. The molecule has 0 aliphatic carbocycles. The van der Waals surface area contributed by atoms with Crippen molar-refractivity contribution in [2.24, 2.45) is 0 Å². The van der Waals surface area contributed by atoms with E-state index in [0.717, 1.165) is 6.26 Å². The number of rotatable bonds is 8. The highest BCUT2D eigenvalue weighted by Gasteiger charge is 2.22. The van der Waals surface area contributed by atoms with Crippen LogP contribution in [-0.4, -0.2) is 57.0 Å². The number of amides is 1. The summed E-state index contributed by atoms with van der Waals surface area (Å²) >= 11 is 0. The summed E-state index contributed by atoms with van der Waals surface area (Å²) in [6.45, 7) is 2.33. The number of nitrogens with one attached hydrogen (secondary N) is 2. The first-order valence-electron chi connectivity index (χ1n) is 5.07. The molecule has 0 heterocycles. The van der Waals surface area contributed by atoms with E-state index >= 15 is 0 Å². The number of carbonyl (C=O) groups is 2. The summed E-state index contributed by atoms with van der Waals surface area (Å²) in [5.74, 6) is -1.68. The lowest BCUT2D eigenvalue weighted by atomic mass is 10.1. The third-order valence-electron chi connectivity index (χ3n) is 1.65. The van der Waals surface area contributed by atoms with Crippen LogP contribution in [0.25, 0.3) is 0 Å². The summed E-state index contributed by atoms with van der Waals surface area (Å²) in [5, 5.41) is 10.7. The predicted molar refractivity (Wildman–Crippen MR) is 63.5 cm³/mol. The molecule has 0 unspecified atom stereocenters. The van der Waals surface area contributed by atoms with Crippen LogP contribution in [-0.2, 0) is 24.3 Å². The third kappa shape index (κ3) is 10.00. The molecule has 1 amide bonds. The van der Waals surface area contributed by atoms with Gasteiger partial charge >= 0.3 is 5.97 Å². The highest BCUT2D eigenvalue weighted by Crippen LogP contribution is 2.01. The van der Waals surface area contributed by atoms with Gasteiger partial charge in [-0.25, -0.2) is 17.9 Å². The predicted octanol–water partition coefficient (Wildman–Crippen LogP) is -1.47. The summed E-state index contributed by atoms with van der Waals surface area (Å²) in [7, 11) is -3.37. The van der Waals surface area contributed by atoms with E-state index in [1.807, 2.05) is 0 Å². The van der Waals surface area contributed by atoms with Crippen molar-refractivity contribution in [3.63, 3.8) is 0 Å². The van der Waals surface area contributed by atoms with Crippen molar-refractivity contribution in [3.05, 3.63) is 0 Å². The summed E-state index contributed by atoms with van der Waals surface area (Å²) in [6.07, 6.45) is 1.02. The zero-order chi connectivity index (χ0) is 14.4. The van der Waals surface area contributed by atoms with E-state index in [0.29, 0.717) is 0 Å². The van der Waals surface area contributed by atoms with Gasteiger partial charge in [-0.3, -0.25) is 4.79 Å². The third-order valence-corrected chi connectivity index (χ3v) is 2.57. The molecule has 106 valence electrons. The number of carbonyl (C=O) groups excluding carboxylic acids is 1. The molecule has 0 bridgehead atoms. The molecule has 0 atom stereocenters. The van der Waals surface area contributed by atoms with Crippen molar-refractivity contribution in [1.82, 2.24) is 10.0 Å². The van der Waals surface area contributed by atoms with E-state index in [2.05, 4.69) is 14.8 Å². The van der Waals surface area contributed by atoms with Gasteiger partial charge in [0.2, 0.25) is 15.9 Å². The van der Waals surface area contributed by atoms with Gasteiger partial charge < -0.3 is 15.2 Å². The summed E-state index contributed by atoms with van der Waals surface area (Å²) in [6, 6.07) is 0. The van der Waals surface area contributed by atoms with Gasteiger partial charge in [-0.1, -0.05) is 0 Å². The molecule has 0 aliphatic heterocycles. The molecule has 0 aliphatic rings. The van der Waals surface area contributed by atoms with Crippen LogP contribution < -0.4 is 10.0 Å². The minimum absolute atomic E-state index is 0.0648. The van der Waals surface area contributed by atoms with E-state index in [1.54, 1.807) is 13.8 Å². The second kappa shape index (κ2) is 6.66. The normalized spacial score (nSPS) is 12.2. The zero-order valence-corrected chi connectivity index (χ0v) is 11.3. The van der Waals surface area contributed by atoms with Gasteiger partial charge in [0.1, 0.15) is 13.2 Å². The van der Waals surface area contributed by atoms with E-state index < -0.39 is 34.0 Å². The molecule has 0 saturated heterocycles. The molecule has 0 saturated carbocycles. The fourth-order valence-corrected chi connectivity index (χ4v) is 2.22. The quantitative estimate of drug-likeness (QED) is 0.500. The Morgan fingerprint density at radius 1 is 1.28 bits per heavy atom. The average molecular weight is 282 g/mol. The minimum Gasteiger partial charge on any atom is -0.480 e. The standard InChI is InChI=1S/C9H18N2O6S/c1-9(2,11-18(3,15)16)6-10-7(12)4-17-5-8(13)14/h11H,4-6H2,1-3H3,(H,10,12)(H,13,14). The van der Waals surface area contributed by atoms with Crippen LogP contribution in [0.15, 0.2) is 0 Å². The largest absolute Gasteiger partial charge is 0.480 e. The second-order valence-electron chi connectivity index (χ2n) is 4.42. The molecule has 0 spiro atoms. The Bertz CT molecular complexity index is 403. The van der Waals surface area contributed by atoms with Crippen LogP contribution in [0.2, 0.25) is 0 Å². The van der Waals surface area contributed by atoms with Gasteiger partial charge in [0.05, 0.1) is 6.26 Å². The Hall–Kier alpha value is -1.19. The molecule has 0 aromatic carbocycles. The minimum atomic E-state index is -3.37. The summed E-state index contributed by atoms with van der Waals surface area (Å²) < 4.78 is 29.0. The molecule has 9 heteroatoms. The monoisotopic (exact) mass is 282 g/mol. The van der Waals surface area contributed by atoms with Crippen molar-refractivity contribution in [2.45, 2.75) is 19.4 Å². The Kier molecular flexibility index (Phi) is 6.22. The van der Waals surface area contributed by atoms with Gasteiger partial charge in [0, 0.05) is 12.1 Å². The van der Waals surface area contributed by atoms with Crippen LogP contribution in [0.3, 0.4) is 0 Å². The Balaban J connectivity index is 4.00. The SMILES string of the molecule is CC(C)(CNC(=O)COCC(=O)O)NS(C)(=O)=O. The lowest BCUT2D eigenvalue weighted by molar-refractivity contribution is -0.143. The first-order valence-corrected chi connectivity index (χ1v) is 6.96. The number of ether oxygens (including phenoxy) is 1. The van der Waals surface area contributed by atoms with Crippen molar-refractivity contribution in [3.8, 4) is 0 Å². The van der Waals surface area contributed by atoms with Crippen LogP contribution in [0, 0.1) is 0 Å². The first kappa shape index (κ1) is 16.8. The fourth-order valence-electron chi connectivity index (χ4n) is 1.14. The van der Waals surface area contributed by atoms with Crippen LogP contribution in [0.1, 0.15) is 13.8 Å². The van der Waals surface area contributed by atoms with E-state index in [9.17, 15) is 18.0 Å². The highest BCUT2D eigenvalue weighted by molar-refractivity contribution is 7.88. The Labute approximate surface area is 106 Å². The van der Waals surface area contributed by atoms with Crippen molar-refractivity contribution < 1.29 is 27.9 Å². The van der Waals surface area contributed by atoms with E-state index in [-0.39, 0.29) is 13.2 Å². The smallest absolute Gasteiger partial charge is 0.329 e. The second-order valence-corrected chi connectivity index (χ2v) is 6.17. The van der Waals surface area contributed by atoms with Crippen molar-refractivity contribution in [1.29, 1.82) is 0 Å². The lowest BCUT2D eigenvalue weighted by Gasteiger charge is -2.25. The maximum atomic E-state index is 11.2. The lowest BCUT2D eigenvalue weighted by Crippen LogP contribution is -2.51. The summed E-state index contributed by atoms with van der Waals surface area (Å²) in [4.78, 5) is 21.4. The van der Waals surface area contributed by atoms with Gasteiger partial charge in [0.25, 0.3) is 0 Å². The molecule has 0 fully saturated rings. The van der Waals surface area contributed by atoms with Crippen molar-refractivity contribution in [2.75, 3.05) is 26.0 Å². The van der Waals surface area contributed by atoms with Crippen molar-refractivity contribution >= 4 is 21.9 Å². The maximum Gasteiger partial charge on any atom is 0.329 e. The van der Waals surface area contributed by atoms with Gasteiger partial charge in [-0.05, 0) is 13.8 Å². The average Bonchev–Trinajstić information content (AvgIpc) is 2.10. The fraction of sp³-hybridized carbons (Fsp3) is 0.778. The van der Waals surface area contributed by atoms with E-state index in [4.69, 9.17) is 5.11 Å². The molecule has 3 N–H and O–H groups in total. The molecular formula is C9H18N2O6S. The van der Waals surface area contributed by atoms with Gasteiger partial charge in [-0.2, -0.15) is 0 Å². The molecule has 18 heavy (non-hydrogen) atoms. The topological polar surface area (TPSA) is 122 Å². The van der Waals surface area contributed by atoms with Crippen LogP contribution in [0.4, 0.5) is 0 Å². The molecule has 0 rings (SSSR count). The summed E-state index contributed by atoms with van der Waals surface area (Å²) in [5.41, 5.74) is -0.837. The Morgan fingerprint density at radius 3 is 2.28 bits per heavy atom. The van der Waals surface area contributed by atoms with Crippen LogP contribution >= 0.6 is 0 Å². The molecule has 8 nitrogen and oxygen atoms in total. The number of hydrogen-bond donors (Lipinski definition) is 3. The highest BCUT2D eigenvalue weighted by atomic mass is 32.2. The molecule has 0 aromatic heterocycles. The van der Waals surface area contributed by atoms with Crippen LogP contribution in [0.5, 0.6) is 0 Å². The molecule has 0 radical (unpaired) electrons. The number of aliphatic carboxylic acids is 1. The van der Waals surface area contributed by atoms with Gasteiger partial charge in [-0.15, -0.1) is 0 Å². The maximum absolute atomic E-state index is 11.2. The first-order chi connectivity index (χ1) is 8.02. The molecule has 0 aromatic rings. The van der Waals surface area contributed by atoms with Gasteiger partial charge in [0.15, 0.2) is 0 Å². The zero-order valence-electron chi connectivity index (χ0n) is 10.5. The number of sulfonamides is 1. The molecular weight excluding hydrogens is 264 g/mol. The van der Waals surface area contributed by atoms with E-state index in [1.165, 1.54) is 0 Å². The number of hydrogen-bond acceptors (Lipinski definition) is 5. The number of carboxylic acids is 1.